The average Bonchev–Trinajstić information content (AvgIpc) is 3.38. The first kappa shape index (κ1) is 27.9. The van der Waals surface area contributed by atoms with E-state index in [1.807, 2.05) is 64.2 Å². The lowest BCUT2D eigenvalue weighted by Crippen LogP contribution is -2.48. The number of ether oxygens (including phenoxy) is 2. The highest BCUT2D eigenvalue weighted by Crippen LogP contribution is 2.27. The number of fused-ring (bicyclic) bond motifs is 1. The molecule has 2 aliphatic rings. The van der Waals surface area contributed by atoms with E-state index >= 15 is 0 Å². The van der Waals surface area contributed by atoms with Crippen molar-refractivity contribution in [3.63, 3.8) is 0 Å². The molecule has 4 rings (SSSR count). The van der Waals surface area contributed by atoms with Gasteiger partial charge in [0.1, 0.15) is 12.2 Å². The highest BCUT2D eigenvalue weighted by atomic mass is 16.6. The SMILES string of the molecule is C/C(=C\c1cccc2[nH]ncc12)[C@H]1OC(=O)C[C@H](O)CC[C@H](C)[C@@H](OC(=O)N2CCN(C)CC2)/C=C\[C@@H]1C. The number of hydrogen-bond acceptors (Lipinski definition) is 7. The van der Waals surface area contributed by atoms with Crippen molar-refractivity contribution >= 4 is 29.0 Å². The Morgan fingerprint density at radius 1 is 1.18 bits per heavy atom. The Morgan fingerprint density at radius 2 is 1.95 bits per heavy atom. The van der Waals surface area contributed by atoms with E-state index in [4.69, 9.17) is 9.47 Å². The van der Waals surface area contributed by atoms with E-state index in [2.05, 4.69) is 15.1 Å². The molecule has 3 heterocycles. The van der Waals surface area contributed by atoms with Crippen LogP contribution in [0.25, 0.3) is 17.0 Å². The molecule has 0 unspecified atom stereocenters. The zero-order valence-electron chi connectivity index (χ0n) is 22.8. The van der Waals surface area contributed by atoms with Gasteiger partial charge in [0.25, 0.3) is 0 Å². The minimum absolute atomic E-state index is 0.0197. The third-order valence-corrected chi connectivity index (χ3v) is 7.61. The standard InChI is InChI=1S/C29H40N4O5/c1-19-8-10-23(34)17-27(35)38-28(21(3)16-22-6-5-7-25-24(22)18-30-31-25)20(2)9-11-26(19)37-29(36)33-14-12-32(4)13-15-33/h5-7,9,11,16,18-20,23,26,28,34H,8,10,12-15,17H2,1-4H3,(H,30,31)/b11-9-,21-16+/t19-,20-,23+,26-,28-/m0/s1. The molecule has 1 amide bonds. The Morgan fingerprint density at radius 3 is 2.71 bits per heavy atom. The number of nitrogens with one attached hydrogen (secondary N) is 1. The van der Waals surface area contributed by atoms with E-state index in [0.717, 1.165) is 35.1 Å². The molecule has 0 aliphatic carbocycles. The number of nitrogens with zero attached hydrogens (tertiary/aromatic N) is 3. The van der Waals surface area contributed by atoms with Crippen LogP contribution in [-0.4, -0.2) is 88.7 Å². The second kappa shape index (κ2) is 12.6. The number of aromatic nitrogens is 2. The molecule has 5 atom stereocenters. The summed E-state index contributed by atoms with van der Waals surface area (Å²) in [6.45, 7) is 8.86. The number of aliphatic hydroxyl groups is 1. The van der Waals surface area contributed by atoms with Crippen LogP contribution in [0.5, 0.6) is 0 Å². The van der Waals surface area contributed by atoms with Gasteiger partial charge in [-0.05, 0) is 56.0 Å². The molecule has 1 fully saturated rings. The summed E-state index contributed by atoms with van der Waals surface area (Å²) in [5.41, 5.74) is 2.77. The molecule has 2 N–H and O–H groups in total. The minimum atomic E-state index is -0.817. The van der Waals surface area contributed by atoms with Crippen LogP contribution in [0.15, 0.2) is 42.1 Å². The molecule has 1 aromatic carbocycles. The monoisotopic (exact) mass is 524 g/mol. The van der Waals surface area contributed by atoms with Crippen molar-refractivity contribution in [3.8, 4) is 0 Å². The van der Waals surface area contributed by atoms with Crippen LogP contribution in [0.4, 0.5) is 4.79 Å². The topological polar surface area (TPSA) is 108 Å². The molecule has 0 saturated carbocycles. The molecule has 2 aliphatic heterocycles. The summed E-state index contributed by atoms with van der Waals surface area (Å²) in [6, 6.07) is 5.91. The van der Waals surface area contributed by atoms with E-state index in [1.54, 1.807) is 11.1 Å². The number of cyclic esters (lactones) is 1. The van der Waals surface area contributed by atoms with Gasteiger partial charge in [0.2, 0.25) is 0 Å². The molecule has 0 spiro atoms. The first-order valence-corrected chi connectivity index (χ1v) is 13.5. The van der Waals surface area contributed by atoms with Crippen molar-refractivity contribution in [2.75, 3.05) is 33.2 Å². The molecule has 1 aromatic heterocycles. The van der Waals surface area contributed by atoms with Gasteiger partial charge in [-0.15, -0.1) is 0 Å². The molecular formula is C29H40N4O5. The normalized spacial score (nSPS) is 29.3. The quantitative estimate of drug-likeness (QED) is 0.462. The zero-order chi connectivity index (χ0) is 27.2. The lowest BCUT2D eigenvalue weighted by Gasteiger charge is -2.33. The molecule has 38 heavy (non-hydrogen) atoms. The Kier molecular flexibility index (Phi) is 9.22. The van der Waals surface area contributed by atoms with Crippen LogP contribution in [0, 0.1) is 11.8 Å². The summed E-state index contributed by atoms with van der Waals surface area (Å²) in [5.74, 6) is -0.635. The van der Waals surface area contributed by atoms with E-state index in [1.165, 1.54) is 0 Å². The highest BCUT2D eigenvalue weighted by Gasteiger charge is 2.29. The molecular weight excluding hydrogens is 484 g/mol. The third kappa shape index (κ3) is 7.02. The van der Waals surface area contributed by atoms with E-state index in [-0.39, 0.29) is 24.3 Å². The number of benzene rings is 1. The largest absolute Gasteiger partial charge is 0.457 e. The van der Waals surface area contributed by atoms with Gasteiger partial charge in [0.15, 0.2) is 0 Å². The van der Waals surface area contributed by atoms with Crippen LogP contribution in [0.1, 0.15) is 45.6 Å². The van der Waals surface area contributed by atoms with Crippen molar-refractivity contribution in [2.45, 2.75) is 58.3 Å². The molecule has 2 aromatic rings. The maximum atomic E-state index is 13.0. The summed E-state index contributed by atoms with van der Waals surface area (Å²) in [6.07, 6.45) is 6.53. The number of carbonyl (C=O) groups excluding carboxylic acids is 2. The summed E-state index contributed by atoms with van der Waals surface area (Å²) < 4.78 is 11.9. The second-order valence-corrected chi connectivity index (χ2v) is 10.8. The van der Waals surface area contributed by atoms with Crippen molar-refractivity contribution in [3.05, 3.63) is 47.7 Å². The van der Waals surface area contributed by atoms with Crippen molar-refractivity contribution < 1.29 is 24.2 Å². The second-order valence-electron chi connectivity index (χ2n) is 10.8. The fourth-order valence-corrected chi connectivity index (χ4v) is 5.07. The minimum Gasteiger partial charge on any atom is -0.457 e. The Balaban J connectivity index is 1.57. The third-order valence-electron chi connectivity index (χ3n) is 7.61. The predicted octanol–water partition coefficient (Wildman–Crippen LogP) is 4.00. The molecule has 1 saturated heterocycles. The molecule has 9 heteroatoms. The van der Waals surface area contributed by atoms with Gasteiger partial charge in [0.05, 0.1) is 24.2 Å². The average molecular weight is 525 g/mol. The van der Waals surface area contributed by atoms with Crippen LogP contribution in [0.3, 0.4) is 0 Å². The number of hydrogen-bond donors (Lipinski definition) is 2. The fraction of sp³-hybridized carbons (Fsp3) is 0.552. The maximum absolute atomic E-state index is 13.0. The summed E-state index contributed by atoms with van der Waals surface area (Å²) >= 11 is 0. The maximum Gasteiger partial charge on any atom is 0.410 e. The number of amides is 1. The Labute approximate surface area is 224 Å². The molecule has 0 bridgehead atoms. The lowest BCUT2D eigenvalue weighted by molar-refractivity contribution is -0.151. The summed E-state index contributed by atoms with van der Waals surface area (Å²) in [7, 11) is 2.04. The van der Waals surface area contributed by atoms with Gasteiger partial charge in [-0.25, -0.2) is 4.79 Å². The molecule has 9 nitrogen and oxygen atoms in total. The van der Waals surface area contributed by atoms with E-state index in [9.17, 15) is 14.7 Å². The number of piperazine rings is 1. The number of likely N-dealkylation sites (N-methyl/N-ethyl adjacent to an activating group) is 1. The van der Waals surface area contributed by atoms with Crippen LogP contribution in [0.2, 0.25) is 0 Å². The number of rotatable bonds is 3. The summed E-state index contributed by atoms with van der Waals surface area (Å²) in [5, 5.41) is 18.6. The van der Waals surface area contributed by atoms with Gasteiger partial charge in [-0.1, -0.05) is 38.1 Å². The number of H-pyrrole nitrogens is 1. The summed E-state index contributed by atoms with van der Waals surface area (Å²) in [4.78, 5) is 29.7. The fourth-order valence-electron chi connectivity index (χ4n) is 5.07. The van der Waals surface area contributed by atoms with Crippen LogP contribution in [-0.2, 0) is 14.3 Å². The first-order valence-electron chi connectivity index (χ1n) is 13.5. The van der Waals surface area contributed by atoms with Crippen molar-refractivity contribution in [2.24, 2.45) is 11.8 Å². The van der Waals surface area contributed by atoms with E-state index < -0.39 is 24.3 Å². The Bertz CT molecular complexity index is 1170. The molecule has 0 radical (unpaired) electrons. The van der Waals surface area contributed by atoms with Gasteiger partial charge in [-0.3, -0.25) is 9.89 Å². The van der Waals surface area contributed by atoms with Crippen LogP contribution < -0.4 is 0 Å². The number of aliphatic hydroxyl groups excluding tert-OH is 1. The van der Waals surface area contributed by atoms with Gasteiger partial charge in [-0.2, -0.15) is 5.10 Å². The van der Waals surface area contributed by atoms with Crippen LogP contribution >= 0.6 is 0 Å². The van der Waals surface area contributed by atoms with Gasteiger partial charge >= 0.3 is 12.1 Å². The molecule has 206 valence electrons. The van der Waals surface area contributed by atoms with Crippen molar-refractivity contribution in [1.29, 1.82) is 0 Å². The van der Waals surface area contributed by atoms with E-state index in [0.29, 0.717) is 25.9 Å². The number of esters is 1. The number of carbonyl (C=O) groups is 2. The van der Waals surface area contributed by atoms with Gasteiger partial charge in [0, 0.05) is 37.5 Å². The van der Waals surface area contributed by atoms with Gasteiger partial charge < -0.3 is 24.4 Å². The highest BCUT2D eigenvalue weighted by molar-refractivity contribution is 5.88. The first-order chi connectivity index (χ1) is 18.2. The van der Waals surface area contributed by atoms with Crippen molar-refractivity contribution in [1.82, 2.24) is 20.0 Å². The number of aromatic amines is 1. The zero-order valence-corrected chi connectivity index (χ0v) is 22.8. The Hall–Kier alpha value is -3.17. The smallest absolute Gasteiger partial charge is 0.410 e. The predicted molar refractivity (Wildman–Crippen MR) is 146 cm³/mol. The lowest BCUT2D eigenvalue weighted by atomic mass is 9.91.